The van der Waals surface area contributed by atoms with Crippen LogP contribution < -0.4 is 0 Å². The molecule has 0 fully saturated rings. The van der Waals surface area contributed by atoms with Gasteiger partial charge in [0.1, 0.15) is 0 Å². The Morgan fingerprint density at radius 2 is 0.583 bits per heavy atom. The van der Waals surface area contributed by atoms with Crippen molar-refractivity contribution < 1.29 is 154 Å². The maximum atomic E-state index is 7.00. The van der Waals surface area contributed by atoms with Crippen LogP contribution in [-0.2, 0) is 146 Å². The Bertz CT molecular complexity index is 26.3. The van der Waals surface area contributed by atoms with Gasteiger partial charge < -0.3 is 0 Å². The maximum Gasteiger partial charge on any atom is 0 e. The Balaban J connectivity index is -0.000000000500. The molecule has 12 heavy (non-hydrogen) atoms. The molecule has 0 saturated carbocycles. The van der Waals surface area contributed by atoms with Crippen LogP contribution in [0, 0.1) is 0 Å². The smallest absolute Gasteiger partial charge is 0 e. The van der Waals surface area contributed by atoms with Crippen LogP contribution in [0.5, 0.6) is 0 Å². The van der Waals surface area contributed by atoms with Gasteiger partial charge in [-0.2, -0.15) is 0 Å². The van der Waals surface area contributed by atoms with E-state index >= 15 is 0 Å². The van der Waals surface area contributed by atoms with E-state index in [2.05, 4.69) is 0 Å². The predicted octanol–water partition coefficient (Wildman–Crippen LogP) is -3.88. The van der Waals surface area contributed by atoms with Crippen LogP contribution in [0.15, 0.2) is 0 Å². The monoisotopic (exact) mass is 826 g/mol. The van der Waals surface area contributed by atoms with Crippen molar-refractivity contribution in [3.8, 4) is 0 Å². The van der Waals surface area contributed by atoms with Gasteiger partial charge in [0.25, 0.3) is 0 Å². The van der Waals surface area contributed by atoms with Gasteiger partial charge >= 0.3 is 121 Å². The van der Waals surface area contributed by atoms with E-state index in [1.807, 2.05) is 0 Å². The zero-order valence-electron chi connectivity index (χ0n) is 6.73. The quantitative estimate of drug-likeness (QED) is 0.246. The largest absolute Gasteiger partial charge is 0 e. The van der Waals surface area contributed by atoms with Gasteiger partial charge in [0.05, 0.1) is 0 Å². The van der Waals surface area contributed by atoms with Crippen LogP contribution in [0.3, 0.4) is 0 Å². The molecule has 0 saturated heterocycles. The SMILES string of the molecule is [Ag].[OH][Ti].[OH][Ti].[SnH2].[SnH2].[SnH2].[Ti].[Ti].[Zn].[Zn]. The van der Waals surface area contributed by atoms with E-state index in [9.17, 15) is 0 Å². The molecule has 0 aromatic carbocycles. The van der Waals surface area contributed by atoms with Gasteiger partial charge in [-0.15, -0.1) is 0 Å². The molecule has 0 aliphatic heterocycles. The molecule has 2 nitrogen and oxygen atoms in total. The summed E-state index contributed by atoms with van der Waals surface area (Å²) in [4.78, 5) is 0. The Morgan fingerprint density at radius 1 is 0.583 bits per heavy atom. The van der Waals surface area contributed by atoms with Crippen molar-refractivity contribution in [1.82, 2.24) is 0 Å². The Hall–Kier alpha value is 7.16. The number of rotatable bonds is 0. The molecule has 0 aliphatic carbocycles. The average Bonchev–Trinajstić information content (AvgIpc) is 1.50. The molecule has 7 radical (unpaired) electrons. The van der Waals surface area contributed by atoms with Gasteiger partial charge in [0.15, 0.2) is 0 Å². The standard InChI is InChI=1S/Ag.2H2O.3Sn.4Ti.2Zn.6H/h;2*1H2;;;;;;;;;;;;;;;/q;;;;;;;;2*+1;;;;;;;;/p-2. The summed E-state index contributed by atoms with van der Waals surface area (Å²) in [7, 11) is 0. The van der Waals surface area contributed by atoms with Crippen molar-refractivity contribution in [2.45, 2.75) is 0 Å². The second-order valence-corrected chi connectivity index (χ2v) is 0. The molecule has 0 aliphatic rings. The minimum absolute atomic E-state index is 0. The van der Waals surface area contributed by atoms with E-state index in [1.54, 1.807) is 0 Å². The van der Waals surface area contributed by atoms with Gasteiger partial charge in [-0.25, -0.2) is 0 Å². The van der Waals surface area contributed by atoms with Crippen molar-refractivity contribution >= 4 is 71.7 Å². The van der Waals surface area contributed by atoms with Gasteiger partial charge in [0, 0.05) is 105 Å². The predicted molar refractivity (Wildman–Crippen MR) is 30.1 cm³/mol. The summed E-state index contributed by atoms with van der Waals surface area (Å²) in [5.74, 6) is 0. The molecule has 12 heteroatoms. The number of hydrogen-bond donors (Lipinski definition) is 2. The summed E-state index contributed by atoms with van der Waals surface area (Å²) in [5.41, 5.74) is 0. The van der Waals surface area contributed by atoms with Gasteiger partial charge in [0.2, 0.25) is 0 Å². The van der Waals surface area contributed by atoms with Crippen LogP contribution in [0.2, 0.25) is 0 Å². The average molecular weight is 826 g/mol. The van der Waals surface area contributed by atoms with Crippen LogP contribution in [0.4, 0.5) is 0 Å². The van der Waals surface area contributed by atoms with E-state index in [-0.39, 0.29) is 176 Å². The van der Waals surface area contributed by atoms with Crippen molar-refractivity contribution in [3.63, 3.8) is 0 Å². The summed E-state index contributed by atoms with van der Waals surface area (Å²) in [5, 5.41) is 0. The Labute approximate surface area is 220 Å². The fraction of sp³-hybridized carbons (Fsp3) is 0. The van der Waals surface area contributed by atoms with Crippen LogP contribution in [0.1, 0.15) is 0 Å². The molecule has 0 rings (SSSR count). The third-order valence-corrected chi connectivity index (χ3v) is 0. The first kappa shape index (κ1) is 75.3. The minimum atomic E-state index is 0. The van der Waals surface area contributed by atoms with Crippen molar-refractivity contribution in [2.24, 2.45) is 0 Å². The second-order valence-electron chi connectivity index (χ2n) is 0. The fourth-order valence-electron chi connectivity index (χ4n) is 0. The third-order valence-electron chi connectivity index (χ3n) is 0. The van der Waals surface area contributed by atoms with Crippen molar-refractivity contribution in [3.05, 3.63) is 0 Å². The molecule has 0 atom stereocenters. The van der Waals surface area contributed by atoms with E-state index in [0.717, 1.165) is 41.6 Å². The molecule has 2 N–H and O–H groups in total. The van der Waals surface area contributed by atoms with E-state index in [0.29, 0.717) is 0 Å². The van der Waals surface area contributed by atoms with Crippen molar-refractivity contribution in [1.29, 1.82) is 0 Å². The summed E-state index contributed by atoms with van der Waals surface area (Å²) in [6.45, 7) is 0. The Kier molecular flexibility index (Phi) is 655. The first-order chi connectivity index (χ1) is 2.00. The van der Waals surface area contributed by atoms with Gasteiger partial charge in [-0.1, -0.05) is 0 Å². The topological polar surface area (TPSA) is 40.5 Å². The van der Waals surface area contributed by atoms with Gasteiger partial charge in [-0.05, 0) is 0 Å². The molecule has 0 unspecified atom stereocenters. The van der Waals surface area contributed by atoms with Gasteiger partial charge in [-0.3, -0.25) is 0 Å². The van der Waals surface area contributed by atoms with Crippen LogP contribution >= 0.6 is 0 Å². The normalized spacial score (nSPS) is 0.667. The molecule has 0 bridgehead atoms. The summed E-state index contributed by atoms with van der Waals surface area (Å²) >= 11 is 2.00. The van der Waals surface area contributed by atoms with Crippen LogP contribution in [-0.4, -0.2) is 79.1 Å². The third kappa shape index (κ3) is 87.4. The molecule has 0 heterocycles. The van der Waals surface area contributed by atoms with Crippen molar-refractivity contribution in [2.75, 3.05) is 0 Å². The molecule has 0 aromatic heterocycles. The number of hydrogen-bond acceptors (Lipinski definition) is 2. The second kappa shape index (κ2) is 104. The first-order valence-electron chi connectivity index (χ1n) is 0.447. The molecule has 0 spiro atoms. The first-order valence-corrected chi connectivity index (χ1v) is 1.84. The zero-order chi connectivity index (χ0) is 4.00. The fourth-order valence-corrected chi connectivity index (χ4v) is 0. The Morgan fingerprint density at radius 3 is 0.583 bits per heavy atom. The summed E-state index contributed by atoms with van der Waals surface area (Å²) in [6, 6.07) is 0. The molecular weight excluding hydrogens is 818 g/mol. The zero-order valence-corrected chi connectivity index (χ0v) is 32.5. The van der Waals surface area contributed by atoms with Crippen LogP contribution in [0.25, 0.3) is 0 Å². The molecular formula is H8AgO2Sn3Ti4Zn2. The maximum absolute atomic E-state index is 7.00. The summed E-state index contributed by atoms with van der Waals surface area (Å²) in [6.07, 6.45) is 0. The van der Waals surface area contributed by atoms with E-state index in [1.165, 1.54) is 0 Å². The molecule has 63 valence electrons. The molecule has 0 aromatic rings. The molecule has 0 amide bonds. The summed E-state index contributed by atoms with van der Waals surface area (Å²) < 4.78 is 14.0. The minimum Gasteiger partial charge on any atom is 0 e. The van der Waals surface area contributed by atoms with E-state index < -0.39 is 0 Å². The van der Waals surface area contributed by atoms with E-state index in [4.69, 9.17) is 7.38 Å².